The SMILES string of the molecule is CCSc1nc(-c2ccc(S(=O)(=O)NCCN(C)C)c(OC)c2)cc2nccn12. The highest BCUT2D eigenvalue weighted by atomic mass is 32.2. The van der Waals surface area contributed by atoms with Gasteiger partial charge in [-0.3, -0.25) is 4.40 Å². The molecule has 0 saturated heterocycles. The van der Waals surface area contributed by atoms with Crippen molar-refractivity contribution in [3.63, 3.8) is 0 Å². The molecule has 0 fully saturated rings. The molecular weight excluding hydrogens is 410 g/mol. The van der Waals surface area contributed by atoms with E-state index in [1.54, 1.807) is 36.2 Å². The van der Waals surface area contributed by atoms with Crippen molar-refractivity contribution in [1.29, 1.82) is 0 Å². The molecule has 0 aliphatic rings. The van der Waals surface area contributed by atoms with Gasteiger partial charge < -0.3 is 9.64 Å². The number of hydrogen-bond donors (Lipinski definition) is 1. The first kappa shape index (κ1) is 21.6. The zero-order chi connectivity index (χ0) is 21.0. The van der Waals surface area contributed by atoms with Crippen LogP contribution in [0.5, 0.6) is 5.75 Å². The summed E-state index contributed by atoms with van der Waals surface area (Å²) < 4.78 is 35.3. The summed E-state index contributed by atoms with van der Waals surface area (Å²) in [7, 11) is 1.55. The number of likely N-dealkylation sites (N-methyl/N-ethyl adjacent to an activating group) is 1. The number of benzene rings is 1. The molecule has 0 saturated carbocycles. The van der Waals surface area contributed by atoms with E-state index >= 15 is 0 Å². The molecule has 0 atom stereocenters. The number of imidazole rings is 1. The zero-order valence-electron chi connectivity index (χ0n) is 16.9. The van der Waals surface area contributed by atoms with Crippen molar-refractivity contribution in [2.24, 2.45) is 0 Å². The third-order valence-electron chi connectivity index (χ3n) is 4.23. The predicted molar refractivity (Wildman–Crippen MR) is 115 cm³/mol. The van der Waals surface area contributed by atoms with Crippen LogP contribution in [0.25, 0.3) is 16.9 Å². The fourth-order valence-corrected chi connectivity index (χ4v) is 4.69. The summed E-state index contributed by atoms with van der Waals surface area (Å²) in [6.07, 6.45) is 3.61. The van der Waals surface area contributed by atoms with Crippen LogP contribution in [0.1, 0.15) is 6.92 Å². The Balaban J connectivity index is 1.98. The normalized spacial score (nSPS) is 12.0. The van der Waals surface area contributed by atoms with E-state index in [9.17, 15) is 8.42 Å². The molecule has 0 radical (unpaired) electrons. The number of thioether (sulfide) groups is 1. The maximum atomic E-state index is 12.7. The quantitative estimate of drug-likeness (QED) is 0.408. The fourth-order valence-electron chi connectivity index (χ4n) is 2.80. The number of aromatic nitrogens is 3. The van der Waals surface area contributed by atoms with Crippen molar-refractivity contribution >= 4 is 27.4 Å². The van der Waals surface area contributed by atoms with Crippen LogP contribution >= 0.6 is 11.8 Å². The molecule has 0 spiro atoms. The first-order valence-electron chi connectivity index (χ1n) is 9.15. The van der Waals surface area contributed by atoms with E-state index in [0.29, 0.717) is 18.8 Å². The number of nitrogens with zero attached hydrogens (tertiary/aromatic N) is 4. The first-order valence-corrected chi connectivity index (χ1v) is 11.6. The van der Waals surface area contributed by atoms with Gasteiger partial charge in [-0.1, -0.05) is 24.8 Å². The highest BCUT2D eigenvalue weighted by Gasteiger charge is 2.20. The largest absolute Gasteiger partial charge is 0.495 e. The Kier molecular flexibility index (Phi) is 6.78. The number of sulfonamides is 1. The molecular formula is C19H25N5O3S2. The monoisotopic (exact) mass is 435 g/mol. The number of ether oxygens (including phenoxy) is 1. The van der Waals surface area contributed by atoms with E-state index in [4.69, 9.17) is 9.72 Å². The summed E-state index contributed by atoms with van der Waals surface area (Å²) in [5, 5.41) is 0.832. The molecule has 0 bridgehead atoms. The molecule has 0 unspecified atom stereocenters. The fraction of sp³-hybridized carbons (Fsp3) is 0.368. The van der Waals surface area contributed by atoms with Crippen LogP contribution in [0.3, 0.4) is 0 Å². The Bertz CT molecular complexity index is 1100. The van der Waals surface area contributed by atoms with Crippen molar-refractivity contribution in [3.05, 3.63) is 36.7 Å². The molecule has 3 rings (SSSR count). The maximum absolute atomic E-state index is 12.7. The molecule has 0 amide bonds. The van der Waals surface area contributed by atoms with Gasteiger partial charge in [0.05, 0.1) is 12.8 Å². The molecule has 1 N–H and O–H groups in total. The van der Waals surface area contributed by atoms with Crippen molar-refractivity contribution in [2.45, 2.75) is 17.0 Å². The highest BCUT2D eigenvalue weighted by Crippen LogP contribution is 2.31. The van der Waals surface area contributed by atoms with Crippen molar-refractivity contribution in [1.82, 2.24) is 24.0 Å². The van der Waals surface area contributed by atoms with Crippen LogP contribution < -0.4 is 9.46 Å². The molecule has 0 aliphatic carbocycles. The van der Waals surface area contributed by atoms with Crippen LogP contribution in [0.2, 0.25) is 0 Å². The number of rotatable bonds is 9. The van der Waals surface area contributed by atoms with Crippen LogP contribution in [0.4, 0.5) is 0 Å². The minimum absolute atomic E-state index is 0.104. The Labute approximate surface area is 175 Å². The van der Waals surface area contributed by atoms with Gasteiger partial charge in [0.25, 0.3) is 0 Å². The number of nitrogens with one attached hydrogen (secondary N) is 1. The Morgan fingerprint density at radius 1 is 1.28 bits per heavy atom. The summed E-state index contributed by atoms with van der Waals surface area (Å²) in [4.78, 5) is 11.1. The van der Waals surface area contributed by atoms with Gasteiger partial charge in [-0.15, -0.1) is 0 Å². The lowest BCUT2D eigenvalue weighted by Gasteiger charge is -2.14. The summed E-state index contributed by atoms with van der Waals surface area (Å²) in [6.45, 7) is 2.98. The van der Waals surface area contributed by atoms with Crippen LogP contribution in [-0.4, -0.2) is 67.7 Å². The number of hydrogen-bond acceptors (Lipinski definition) is 7. The van der Waals surface area contributed by atoms with Gasteiger partial charge in [0.2, 0.25) is 10.0 Å². The molecule has 0 aliphatic heterocycles. The van der Waals surface area contributed by atoms with E-state index in [1.807, 2.05) is 35.7 Å². The van der Waals surface area contributed by atoms with E-state index in [-0.39, 0.29) is 10.6 Å². The second-order valence-electron chi connectivity index (χ2n) is 6.58. The Morgan fingerprint density at radius 3 is 2.76 bits per heavy atom. The van der Waals surface area contributed by atoms with Gasteiger partial charge in [-0.25, -0.2) is 23.1 Å². The van der Waals surface area contributed by atoms with Crippen LogP contribution in [-0.2, 0) is 10.0 Å². The molecule has 1 aromatic carbocycles. The minimum Gasteiger partial charge on any atom is -0.495 e. The van der Waals surface area contributed by atoms with E-state index in [0.717, 1.165) is 22.1 Å². The lowest BCUT2D eigenvalue weighted by atomic mass is 10.1. The minimum atomic E-state index is -3.68. The van der Waals surface area contributed by atoms with Gasteiger partial charge in [0.15, 0.2) is 5.16 Å². The zero-order valence-corrected chi connectivity index (χ0v) is 18.5. The van der Waals surface area contributed by atoms with Crippen LogP contribution in [0.15, 0.2) is 46.7 Å². The first-order chi connectivity index (χ1) is 13.9. The molecule has 10 heteroatoms. The average molecular weight is 436 g/mol. The number of fused-ring (bicyclic) bond motifs is 1. The van der Waals surface area contributed by atoms with Gasteiger partial charge >= 0.3 is 0 Å². The van der Waals surface area contributed by atoms with E-state index < -0.39 is 10.0 Å². The van der Waals surface area contributed by atoms with Gasteiger partial charge in [-0.2, -0.15) is 0 Å². The Hall–Kier alpha value is -2.14. The third kappa shape index (κ3) is 4.89. The second-order valence-corrected chi connectivity index (χ2v) is 9.55. The maximum Gasteiger partial charge on any atom is 0.244 e. The average Bonchev–Trinajstić information content (AvgIpc) is 3.16. The lowest BCUT2D eigenvalue weighted by molar-refractivity contribution is 0.400. The standard InChI is InChI=1S/C19H25N5O3S2/c1-5-28-19-22-15(13-18-20-8-11-24(18)19)14-6-7-17(16(12-14)27-4)29(25,26)21-9-10-23(2)3/h6-8,11-13,21H,5,9-10H2,1-4H3. The third-order valence-corrected chi connectivity index (χ3v) is 6.57. The molecule has 156 valence electrons. The molecule has 2 aromatic heterocycles. The van der Waals surface area contributed by atoms with Gasteiger partial charge in [-0.05, 0) is 32.0 Å². The highest BCUT2D eigenvalue weighted by molar-refractivity contribution is 7.99. The summed E-state index contributed by atoms with van der Waals surface area (Å²) in [5.74, 6) is 1.15. The van der Waals surface area contributed by atoms with Gasteiger partial charge in [0, 0.05) is 37.1 Å². The van der Waals surface area contributed by atoms with Crippen molar-refractivity contribution in [3.8, 4) is 17.0 Å². The lowest BCUT2D eigenvalue weighted by Crippen LogP contribution is -2.31. The molecule has 2 heterocycles. The molecule has 3 aromatic rings. The molecule has 8 nitrogen and oxygen atoms in total. The second kappa shape index (κ2) is 9.12. The van der Waals surface area contributed by atoms with E-state index in [1.165, 1.54) is 7.11 Å². The van der Waals surface area contributed by atoms with Crippen molar-refractivity contribution < 1.29 is 13.2 Å². The predicted octanol–water partition coefficient (Wildman–Crippen LogP) is 2.36. The van der Waals surface area contributed by atoms with Crippen molar-refractivity contribution in [2.75, 3.05) is 40.0 Å². The molecule has 29 heavy (non-hydrogen) atoms. The van der Waals surface area contributed by atoms with E-state index in [2.05, 4.69) is 16.6 Å². The topological polar surface area (TPSA) is 88.8 Å². The summed E-state index contributed by atoms with van der Waals surface area (Å²) >= 11 is 1.62. The Morgan fingerprint density at radius 2 is 2.07 bits per heavy atom. The number of methoxy groups -OCH3 is 1. The smallest absolute Gasteiger partial charge is 0.244 e. The van der Waals surface area contributed by atoms with Crippen LogP contribution in [0, 0.1) is 0 Å². The summed E-state index contributed by atoms with van der Waals surface area (Å²) in [6, 6.07) is 6.86. The van der Waals surface area contributed by atoms with Gasteiger partial charge in [0.1, 0.15) is 16.3 Å². The summed E-state index contributed by atoms with van der Waals surface area (Å²) in [5.41, 5.74) is 2.26.